The van der Waals surface area contributed by atoms with E-state index >= 15 is 0 Å². The molecule has 2 aromatic heterocycles. The monoisotopic (exact) mass is 314 g/mol. The summed E-state index contributed by atoms with van der Waals surface area (Å²) in [6.45, 7) is 5.63. The van der Waals surface area contributed by atoms with E-state index in [0.717, 1.165) is 37.3 Å². The molecule has 1 atom stereocenters. The van der Waals surface area contributed by atoms with Crippen molar-refractivity contribution in [3.8, 4) is 5.75 Å². The first-order valence-electron chi connectivity index (χ1n) is 7.97. The minimum absolute atomic E-state index is 0.0258. The number of carbonyl (C=O) groups is 1. The molecular formula is C17H22N4O2. The fourth-order valence-electron chi connectivity index (χ4n) is 3.07. The molecule has 122 valence electrons. The number of pyridine rings is 1. The van der Waals surface area contributed by atoms with Crippen LogP contribution in [-0.2, 0) is 11.3 Å². The van der Waals surface area contributed by atoms with Crippen LogP contribution in [0.2, 0.25) is 0 Å². The zero-order valence-corrected chi connectivity index (χ0v) is 13.6. The molecular weight excluding hydrogens is 292 g/mol. The van der Waals surface area contributed by atoms with E-state index in [2.05, 4.69) is 16.1 Å². The minimum Gasteiger partial charge on any atom is -0.482 e. The van der Waals surface area contributed by atoms with Crippen LogP contribution >= 0.6 is 0 Å². The van der Waals surface area contributed by atoms with Crippen LogP contribution in [0.4, 0.5) is 0 Å². The van der Waals surface area contributed by atoms with Gasteiger partial charge in [-0.05, 0) is 44.9 Å². The van der Waals surface area contributed by atoms with E-state index < -0.39 is 0 Å². The minimum atomic E-state index is 0.0258. The molecule has 0 bridgehead atoms. The average Bonchev–Trinajstić information content (AvgIpc) is 3.13. The highest BCUT2D eigenvalue weighted by Crippen LogP contribution is 2.20. The number of likely N-dealkylation sites (tertiary alicyclic amines) is 1. The summed E-state index contributed by atoms with van der Waals surface area (Å²) in [7, 11) is 0. The fourth-order valence-corrected chi connectivity index (χ4v) is 3.07. The van der Waals surface area contributed by atoms with Crippen molar-refractivity contribution < 1.29 is 9.53 Å². The highest BCUT2D eigenvalue weighted by atomic mass is 16.5. The quantitative estimate of drug-likeness (QED) is 0.846. The van der Waals surface area contributed by atoms with Gasteiger partial charge in [0, 0.05) is 18.4 Å². The molecule has 1 unspecified atom stereocenters. The summed E-state index contributed by atoms with van der Waals surface area (Å²) in [5, 5.41) is 4.50. The van der Waals surface area contributed by atoms with Crippen molar-refractivity contribution in [3.63, 3.8) is 0 Å². The molecule has 1 saturated heterocycles. The van der Waals surface area contributed by atoms with Gasteiger partial charge in [0.25, 0.3) is 5.91 Å². The first kappa shape index (κ1) is 15.5. The summed E-state index contributed by atoms with van der Waals surface area (Å²) in [4.78, 5) is 18.4. The molecule has 1 aliphatic rings. The second-order valence-corrected chi connectivity index (χ2v) is 5.97. The number of aromatic nitrogens is 3. The summed E-state index contributed by atoms with van der Waals surface area (Å²) in [5.74, 6) is 0.646. The third-order valence-corrected chi connectivity index (χ3v) is 4.18. The lowest BCUT2D eigenvalue weighted by molar-refractivity contribution is -0.134. The normalized spacial score (nSPS) is 17.5. The Morgan fingerprint density at radius 1 is 1.43 bits per heavy atom. The lowest BCUT2D eigenvalue weighted by atomic mass is 10.2. The number of rotatable bonds is 5. The maximum Gasteiger partial charge on any atom is 0.260 e. The Morgan fingerprint density at radius 2 is 2.30 bits per heavy atom. The number of aryl methyl sites for hydroxylation is 2. The van der Waals surface area contributed by atoms with Gasteiger partial charge < -0.3 is 9.64 Å². The Labute approximate surface area is 136 Å². The second-order valence-electron chi connectivity index (χ2n) is 5.97. The molecule has 0 aliphatic carbocycles. The Kier molecular flexibility index (Phi) is 4.60. The van der Waals surface area contributed by atoms with Gasteiger partial charge in [-0.25, -0.2) is 0 Å². The van der Waals surface area contributed by atoms with Crippen LogP contribution in [0, 0.1) is 13.8 Å². The molecule has 0 spiro atoms. The van der Waals surface area contributed by atoms with Crippen molar-refractivity contribution in [1.29, 1.82) is 0 Å². The van der Waals surface area contributed by atoms with Gasteiger partial charge in [0.05, 0.1) is 24.5 Å². The zero-order chi connectivity index (χ0) is 16.2. The summed E-state index contributed by atoms with van der Waals surface area (Å²) in [6.07, 6.45) is 5.34. The van der Waals surface area contributed by atoms with Gasteiger partial charge in [-0.15, -0.1) is 0 Å². The first-order chi connectivity index (χ1) is 11.1. The van der Waals surface area contributed by atoms with Gasteiger partial charge in [-0.3, -0.25) is 14.5 Å². The average molecular weight is 314 g/mol. The number of nitrogens with zero attached hydrogens (tertiary/aromatic N) is 4. The molecule has 1 amide bonds. The molecule has 1 fully saturated rings. The first-order valence-corrected chi connectivity index (χ1v) is 7.97. The van der Waals surface area contributed by atoms with E-state index in [0.29, 0.717) is 5.75 Å². The highest BCUT2D eigenvalue weighted by Gasteiger charge is 2.29. The van der Waals surface area contributed by atoms with Crippen molar-refractivity contribution in [2.24, 2.45) is 0 Å². The molecule has 6 heteroatoms. The van der Waals surface area contributed by atoms with E-state index in [1.807, 2.05) is 23.4 Å². The third-order valence-electron chi connectivity index (χ3n) is 4.18. The smallest absolute Gasteiger partial charge is 0.260 e. The van der Waals surface area contributed by atoms with Gasteiger partial charge in [0.15, 0.2) is 6.61 Å². The van der Waals surface area contributed by atoms with Crippen molar-refractivity contribution in [2.45, 2.75) is 39.3 Å². The third kappa shape index (κ3) is 3.70. The molecule has 3 heterocycles. The zero-order valence-electron chi connectivity index (χ0n) is 13.6. The van der Waals surface area contributed by atoms with Gasteiger partial charge >= 0.3 is 0 Å². The van der Waals surface area contributed by atoms with Gasteiger partial charge in [-0.1, -0.05) is 0 Å². The SMILES string of the molecule is Cc1cc(C)n(CC2CCCN2C(=O)COc2cccnc2)n1. The largest absolute Gasteiger partial charge is 0.482 e. The van der Waals surface area contributed by atoms with Crippen LogP contribution in [0.5, 0.6) is 5.75 Å². The summed E-state index contributed by atoms with van der Waals surface area (Å²) in [6, 6.07) is 5.85. The number of hydrogen-bond donors (Lipinski definition) is 0. The summed E-state index contributed by atoms with van der Waals surface area (Å²) >= 11 is 0. The fraction of sp³-hybridized carbons (Fsp3) is 0.471. The van der Waals surface area contributed by atoms with E-state index in [4.69, 9.17) is 4.74 Å². The number of ether oxygens (including phenoxy) is 1. The molecule has 2 aromatic rings. The molecule has 0 aromatic carbocycles. The lowest BCUT2D eigenvalue weighted by Crippen LogP contribution is -2.41. The van der Waals surface area contributed by atoms with Crippen LogP contribution in [0.1, 0.15) is 24.2 Å². The van der Waals surface area contributed by atoms with E-state index in [9.17, 15) is 4.79 Å². The predicted molar refractivity (Wildman–Crippen MR) is 86.2 cm³/mol. The topological polar surface area (TPSA) is 60.2 Å². The van der Waals surface area contributed by atoms with E-state index in [1.165, 1.54) is 0 Å². The summed E-state index contributed by atoms with van der Waals surface area (Å²) < 4.78 is 7.52. The van der Waals surface area contributed by atoms with Crippen LogP contribution in [0.15, 0.2) is 30.6 Å². The van der Waals surface area contributed by atoms with Crippen molar-refractivity contribution >= 4 is 5.91 Å². The molecule has 1 aliphatic heterocycles. The van der Waals surface area contributed by atoms with E-state index in [1.54, 1.807) is 24.5 Å². The van der Waals surface area contributed by atoms with Crippen LogP contribution in [0.25, 0.3) is 0 Å². The molecule has 0 radical (unpaired) electrons. The van der Waals surface area contributed by atoms with Gasteiger partial charge in [0.1, 0.15) is 5.75 Å². The van der Waals surface area contributed by atoms with Crippen LogP contribution in [0.3, 0.4) is 0 Å². The number of hydrogen-bond acceptors (Lipinski definition) is 4. The van der Waals surface area contributed by atoms with Gasteiger partial charge in [0.2, 0.25) is 0 Å². The summed E-state index contributed by atoms with van der Waals surface area (Å²) in [5.41, 5.74) is 2.15. The Hall–Kier alpha value is -2.37. The van der Waals surface area contributed by atoms with Gasteiger partial charge in [-0.2, -0.15) is 5.10 Å². The van der Waals surface area contributed by atoms with Crippen LogP contribution in [-0.4, -0.2) is 44.8 Å². The molecule has 6 nitrogen and oxygen atoms in total. The van der Waals surface area contributed by atoms with E-state index in [-0.39, 0.29) is 18.6 Å². The highest BCUT2D eigenvalue weighted by molar-refractivity contribution is 5.78. The predicted octanol–water partition coefficient (Wildman–Crippen LogP) is 1.96. The number of carbonyl (C=O) groups excluding carboxylic acids is 1. The Balaban J connectivity index is 1.59. The van der Waals surface area contributed by atoms with Crippen LogP contribution < -0.4 is 4.74 Å². The van der Waals surface area contributed by atoms with Crippen molar-refractivity contribution in [1.82, 2.24) is 19.7 Å². The Bertz CT molecular complexity index is 668. The lowest BCUT2D eigenvalue weighted by Gasteiger charge is -2.25. The maximum absolute atomic E-state index is 12.5. The molecule has 3 rings (SSSR count). The number of amides is 1. The maximum atomic E-state index is 12.5. The molecule has 0 saturated carbocycles. The second kappa shape index (κ2) is 6.81. The molecule has 0 N–H and O–H groups in total. The van der Waals surface area contributed by atoms with Crippen molar-refractivity contribution in [3.05, 3.63) is 42.0 Å². The Morgan fingerprint density at radius 3 is 3.00 bits per heavy atom. The standard InChI is InChI=1S/C17H22N4O2/c1-13-9-14(2)21(19-13)11-15-5-4-8-20(15)17(22)12-23-16-6-3-7-18-10-16/h3,6-7,9-10,15H,4-5,8,11-12H2,1-2H3. The molecule has 23 heavy (non-hydrogen) atoms. The van der Waals surface area contributed by atoms with Crippen molar-refractivity contribution in [2.75, 3.05) is 13.2 Å².